The number of rotatable bonds is 9. The van der Waals surface area contributed by atoms with Crippen molar-refractivity contribution in [1.29, 1.82) is 0 Å². The van der Waals surface area contributed by atoms with Gasteiger partial charge in [0.25, 0.3) is 0 Å². The Morgan fingerprint density at radius 3 is 2.25 bits per heavy atom. The zero-order valence-electron chi connectivity index (χ0n) is 12.5. The summed E-state index contributed by atoms with van der Waals surface area (Å²) in [6.07, 6.45) is -2.22. The molecular formula is C15H16Cl3F3O3. The number of ether oxygens (including phenoxy) is 2. The van der Waals surface area contributed by atoms with Gasteiger partial charge in [-0.3, -0.25) is 0 Å². The Morgan fingerprint density at radius 1 is 1.08 bits per heavy atom. The fourth-order valence-electron chi connectivity index (χ4n) is 1.65. The fraction of sp³-hybridized carbons (Fsp3) is 0.467. The SMILES string of the molecule is Oc1cc(Cl)c(OCCCCOCCC=C(Cl)C(F)(F)F)c(Cl)c1. The van der Waals surface area contributed by atoms with Gasteiger partial charge in [0.05, 0.1) is 23.3 Å². The molecule has 0 amide bonds. The molecule has 0 unspecified atom stereocenters. The van der Waals surface area contributed by atoms with Gasteiger partial charge in [0.2, 0.25) is 0 Å². The number of hydrogen-bond acceptors (Lipinski definition) is 3. The Morgan fingerprint density at radius 2 is 1.67 bits per heavy atom. The molecular weight excluding hydrogens is 392 g/mol. The molecule has 1 rings (SSSR count). The van der Waals surface area contributed by atoms with Crippen LogP contribution in [0.5, 0.6) is 11.5 Å². The molecule has 24 heavy (non-hydrogen) atoms. The van der Waals surface area contributed by atoms with E-state index in [0.717, 1.165) is 6.08 Å². The van der Waals surface area contributed by atoms with E-state index in [2.05, 4.69) is 0 Å². The predicted molar refractivity (Wildman–Crippen MR) is 88.3 cm³/mol. The van der Waals surface area contributed by atoms with E-state index < -0.39 is 11.2 Å². The summed E-state index contributed by atoms with van der Waals surface area (Å²) in [4.78, 5) is 0. The van der Waals surface area contributed by atoms with Crippen LogP contribution in [0.25, 0.3) is 0 Å². The van der Waals surface area contributed by atoms with Crippen molar-refractivity contribution in [3.05, 3.63) is 33.3 Å². The van der Waals surface area contributed by atoms with Gasteiger partial charge in [0, 0.05) is 18.7 Å². The summed E-state index contributed by atoms with van der Waals surface area (Å²) in [5, 5.41) is 8.58. The van der Waals surface area contributed by atoms with Crippen molar-refractivity contribution < 1.29 is 27.8 Å². The molecule has 0 aliphatic rings. The van der Waals surface area contributed by atoms with E-state index in [0.29, 0.717) is 31.8 Å². The second-order valence-corrected chi connectivity index (χ2v) is 5.97. The summed E-state index contributed by atoms with van der Waals surface area (Å²) in [5.41, 5.74) is 0. The summed E-state index contributed by atoms with van der Waals surface area (Å²) in [5.74, 6) is 0.245. The van der Waals surface area contributed by atoms with Gasteiger partial charge in [0.1, 0.15) is 10.8 Å². The van der Waals surface area contributed by atoms with Gasteiger partial charge >= 0.3 is 6.18 Å². The smallest absolute Gasteiger partial charge is 0.426 e. The lowest BCUT2D eigenvalue weighted by molar-refractivity contribution is -0.0848. The predicted octanol–water partition coefficient (Wildman–Crippen LogP) is 5.95. The van der Waals surface area contributed by atoms with Crippen molar-refractivity contribution in [2.24, 2.45) is 0 Å². The second-order valence-electron chi connectivity index (χ2n) is 4.74. The van der Waals surface area contributed by atoms with Crippen molar-refractivity contribution in [2.75, 3.05) is 19.8 Å². The first-order valence-corrected chi connectivity index (χ1v) is 8.16. The molecule has 136 valence electrons. The van der Waals surface area contributed by atoms with E-state index in [-0.39, 0.29) is 28.8 Å². The van der Waals surface area contributed by atoms with Gasteiger partial charge < -0.3 is 14.6 Å². The van der Waals surface area contributed by atoms with Crippen LogP contribution in [-0.2, 0) is 4.74 Å². The standard InChI is InChI=1S/C15H16Cl3F3O3/c16-11-8-10(22)9-12(17)14(11)24-7-2-1-5-23-6-3-4-13(18)15(19,20)21/h4,8-9,22H,1-3,5-7H2. The van der Waals surface area contributed by atoms with E-state index in [9.17, 15) is 18.3 Å². The Labute approximate surface area is 152 Å². The van der Waals surface area contributed by atoms with Crippen LogP contribution in [-0.4, -0.2) is 31.1 Å². The van der Waals surface area contributed by atoms with Crippen LogP contribution in [0.3, 0.4) is 0 Å². The second kappa shape index (κ2) is 10.2. The Kier molecular flexibility index (Phi) is 9.05. The minimum absolute atomic E-state index is 0.0505. The molecule has 0 saturated carbocycles. The Bertz CT molecular complexity index is 540. The molecule has 0 heterocycles. The monoisotopic (exact) mass is 406 g/mol. The van der Waals surface area contributed by atoms with E-state index in [1.54, 1.807) is 0 Å². The lowest BCUT2D eigenvalue weighted by Gasteiger charge is -2.10. The Balaban J connectivity index is 2.14. The van der Waals surface area contributed by atoms with Gasteiger partial charge in [-0.15, -0.1) is 0 Å². The molecule has 0 radical (unpaired) electrons. The number of allylic oxidation sites excluding steroid dienone is 1. The van der Waals surface area contributed by atoms with Crippen LogP contribution >= 0.6 is 34.8 Å². The lowest BCUT2D eigenvalue weighted by atomic mass is 10.3. The first-order chi connectivity index (χ1) is 11.2. The van der Waals surface area contributed by atoms with E-state index in [1.807, 2.05) is 0 Å². The van der Waals surface area contributed by atoms with Crippen LogP contribution in [0.15, 0.2) is 23.2 Å². The van der Waals surface area contributed by atoms with Gasteiger partial charge in [-0.2, -0.15) is 13.2 Å². The van der Waals surface area contributed by atoms with Crippen molar-refractivity contribution in [3.63, 3.8) is 0 Å². The molecule has 0 aromatic heterocycles. The number of halogens is 6. The van der Waals surface area contributed by atoms with Gasteiger partial charge in [-0.25, -0.2) is 0 Å². The average molecular weight is 408 g/mol. The third-order valence-electron chi connectivity index (χ3n) is 2.77. The highest BCUT2D eigenvalue weighted by molar-refractivity contribution is 6.37. The number of benzene rings is 1. The van der Waals surface area contributed by atoms with E-state index in [4.69, 9.17) is 44.3 Å². The summed E-state index contributed by atoms with van der Waals surface area (Å²) in [7, 11) is 0. The average Bonchev–Trinajstić information content (AvgIpc) is 2.46. The number of phenolic OH excluding ortho intramolecular Hbond substituents is 1. The largest absolute Gasteiger partial charge is 0.508 e. The molecule has 1 N–H and O–H groups in total. The lowest BCUT2D eigenvalue weighted by Crippen LogP contribution is -2.07. The molecule has 9 heteroatoms. The molecule has 0 atom stereocenters. The zero-order chi connectivity index (χ0) is 18.2. The highest BCUT2D eigenvalue weighted by atomic mass is 35.5. The molecule has 1 aromatic carbocycles. The highest BCUT2D eigenvalue weighted by Gasteiger charge is 2.31. The summed E-state index contributed by atoms with van der Waals surface area (Å²) >= 11 is 16.9. The maximum absolute atomic E-state index is 12.1. The normalized spacial score (nSPS) is 12.5. The minimum Gasteiger partial charge on any atom is -0.508 e. The first-order valence-electron chi connectivity index (χ1n) is 7.03. The number of phenols is 1. The fourth-order valence-corrected chi connectivity index (χ4v) is 2.35. The quantitative estimate of drug-likeness (QED) is 0.514. The van der Waals surface area contributed by atoms with Gasteiger partial charge in [-0.1, -0.05) is 40.9 Å². The van der Waals surface area contributed by atoms with Crippen molar-refractivity contribution in [2.45, 2.75) is 25.4 Å². The first kappa shape index (κ1) is 21.2. The topological polar surface area (TPSA) is 38.7 Å². The molecule has 0 fully saturated rings. The summed E-state index contributed by atoms with van der Waals surface area (Å²) < 4.78 is 46.9. The third-order valence-corrected chi connectivity index (χ3v) is 3.70. The van der Waals surface area contributed by atoms with E-state index in [1.165, 1.54) is 12.1 Å². The molecule has 0 aliphatic carbocycles. The van der Waals surface area contributed by atoms with Crippen LogP contribution in [0.1, 0.15) is 19.3 Å². The number of alkyl halides is 3. The maximum atomic E-state index is 12.1. The van der Waals surface area contributed by atoms with Crippen molar-refractivity contribution in [1.82, 2.24) is 0 Å². The summed E-state index contributed by atoms with van der Waals surface area (Å²) in [6.45, 7) is 0.883. The third kappa shape index (κ3) is 7.83. The number of aromatic hydroxyl groups is 1. The van der Waals surface area contributed by atoms with Crippen molar-refractivity contribution >= 4 is 34.8 Å². The van der Waals surface area contributed by atoms with Gasteiger partial charge in [-0.05, 0) is 19.3 Å². The Hall–Kier alpha value is -0.820. The van der Waals surface area contributed by atoms with Crippen LogP contribution in [0.2, 0.25) is 10.0 Å². The zero-order valence-corrected chi connectivity index (χ0v) is 14.8. The number of unbranched alkanes of at least 4 members (excludes halogenated alkanes) is 1. The van der Waals surface area contributed by atoms with Crippen LogP contribution < -0.4 is 4.74 Å². The van der Waals surface area contributed by atoms with Crippen LogP contribution in [0, 0.1) is 0 Å². The molecule has 0 saturated heterocycles. The van der Waals surface area contributed by atoms with Crippen LogP contribution in [0.4, 0.5) is 13.2 Å². The molecule has 1 aromatic rings. The maximum Gasteiger partial charge on any atom is 0.426 e. The molecule has 3 nitrogen and oxygen atoms in total. The summed E-state index contributed by atoms with van der Waals surface area (Å²) in [6, 6.07) is 2.65. The minimum atomic E-state index is -4.50. The van der Waals surface area contributed by atoms with E-state index >= 15 is 0 Å². The molecule has 0 spiro atoms. The molecule has 0 aliphatic heterocycles. The van der Waals surface area contributed by atoms with Gasteiger partial charge in [0.15, 0.2) is 5.75 Å². The molecule has 0 bridgehead atoms. The van der Waals surface area contributed by atoms with Crippen molar-refractivity contribution in [3.8, 4) is 11.5 Å². The highest BCUT2D eigenvalue weighted by Crippen LogP contribution is 2.36. The number of hydrogen-bond donors (Lipinski definition) is 1.